The molecule has 4 heteroatoms. The Morgan fingerprint density at radius 1 is 1.29 bits per heavy atom. The van der Waals surface area contributed by atoms with Crippen LogP contribution in [0.15, 0.2) is 30.3 Å². The second kappa shape index (κ2) is 5.48. The van der Waals surface area contributed by atoms with Crippen LogP contribution in [0.4, 0.5) is 0 Å². The molecule has 0 aromatic heterocycles. The molecule has 4 nitrogen and oxygen atoms in total. The van der Waals surface area contributed by atoms with Gasteiger partial charge in [0.05, 0.1) is 0 Å². The minimum atomic E-state index is -1.27. The summed E-state index contributed by atoms with van der Waals surface area (Å²) >= 11 is 0. The summed E-state index contributed by atoms with van der Waals surface area (Å²) in [6.07, 6.45) is 0. The number of hydrogen-bond donors (Lipinski definition) is 1. The first-order valence-electron chi connectivity index (χ1n) is 5.54. The maximum Gasteiger partial charge on any atom is 0.304 e. The van der Waals surface area contributed by atoms with E-state index in [1.165, 1.54) is 6.92 Å². The van der Waals surface area contributed by atoms with E-state index in [1.807, 2.05) is 13.0 Å². The number of carbonyl (C=O) groups excluding carboxylic acids is 2. The zero-order valence-corrected chi connectivity index (χ0v) is 10.3. The van der Waals surface area contributed by atoms with Crippen molar-refractivity contribution in [3.05, 3.63) is 35.9 Å². The van der Waals surface area contributed by atoms with Gasteiger partial charge in [-0.05, 0) is 13.8 Å². The van der Waals surface area contributed by atoms with Crippen LogP contribution in [0.25, 0.3) is 0 Å². The summed E-state index contributed by atoms with van der Waals surface area (Å²) in [5, 5.41) is 2.67. The number of hydrogen-bond acceptors (Lipinski definition) is 3. The minimum Gasteiger partial charge on any atom is -0.444 e. The van der Waals surface area contributed by atoms with Crippen molar-refractivity contribution in [3.8, 4) is 0 Å². The van der Waals surface area contributed by atoms with E-state index in [2.05, 4.69) is 5.32 Å². The van der Waals surface area contributed by atoms with Crippen LogP contribution in [-0.4, -0.2) is 18.4 Å². The Kier molecular flexibility index (Phi) is 4.26. The molecule has 1 atom stereocenters. The fraction of sp³-hybridized carbons (Fsp3) is 0.385. The molecule has 1 aromatic carbocycles. The topological polar surface area (TPSA) is 55.4 Å². The summed E-state index contributed by atoms with van der Waals surface area (Å²) in [6, 6.07) is 8.97. The van der Waals surface area contributed by atoms with Gasteiger partial charge in [0, 0.05) is 19.0 Å². The number of amides is 1. The third kappa shape index (κ3) is 3.06. The molecule has 1 amide bonds. The maximum atomic E-state index is 12.0. The molecular formula is C13H17NO3. The molecule has 1 unspecified atom stereocenters. The smallest absolute Gasteiger partial charge is 0.304 e. The largest absolute Gasteiger partial charge is 0.444 e. The van der Waals surface area contributed by atoms with Crippen molar-refractivity contribution >= 4 is 11.9 Å². The fourth-order valence-corrected chi connectivity index (χ4v) is 1.61. The number of carbonyl (C=O) groups is 2. The SMILES string of the molecule is CCNC(=O)C(C)(OC(C)=O)c1ccccc1. The zero-order valence-electron chi connectivity index (χ0n) is 10.3. The molecule has 0 aliphatic carbocycles. The Balaban J connectivity index is 3.10. The number of ether oxygens (including phenoxy) is 1. The molecule has 1 rings (SSSR count). The Hall–Kier alpha value is -1.84. The molecule has 0 bridgehead atoms. The maximum absolute atomic E-state index is 12.0. The summed E-state index contributed by atoms with van der Waals surface area (Å²) in [7, 11) is 0. The lowest BCUT2D eigenvalue weighted by atomic mass is 9.94. The van der Waals surface area contributed by atoms with Gasteiger partial charge in [-0.15, -0.1) is 0 Å². The molecule has 0 saturated heterocycles. The number of esters is 1. The predicted octanol–water partition coefficient (Wildman–Crippen LogP) is 1.60. The molecule has 92 valence electrons. The lowest BCUT2D eigenvalue weighted by Crippen LogP contribution is -2.45. The third-order valence-electron chi connectivity index (χ3n) is 2.44. The minimum absolute atomic E-state index is 0.318. The van der Waals surface area contributed by atoms with Crippen molar-refractivity contribution < 1.29 is 14.3 Å². The summed E-state index contributed by atoms with van der Waals surface area (Å²) in [6.45, 7) is 5.19. The van der Waals surface area contributed by atoms with Gasteiger partial charge in [-0.1, -0.05) is 30.3 Å². The highest BCUT2D eigenvalue weighted by atomic mass is 16.6. The van der Waals surface area contributed by atoms with Crippen molar-refractivity contribution in [1.29, 1.82) is 0 Å². The lowest BCUT2D eigenvalue weighted by molar-refractivity contribution is -0.166. The van der Waals surface area contributed by atoms with Gasteiger partial charge in [0.15, 0.2) is 0 Å². The molecular weight excluding hydrogens is 218 g/mol. The van der Waals surface area contributed by atoms with Crippen molar-refractivity contribution in [1.82, 2.24) is 5.32 Å². The molecule has 17 heavy (non-hydrogen) atoms. The van der Waals surface area contributed by atoms with E-state index in [4.69, 9.17) is 4.74 Å². The molecule has 0 radical (unpaired) electrons. The molecule has 0 spiro atoms. The lowest BCUT2D eigenvalue weighted by Gasteiger charge is -2.28. The first kappa shape index (κ1) is 13.2. The van der Waals surface area contributed by atoms with Crippen LogP contribution in [0.5, 0.6) is 0 Å². The highest BCUT2D eigenvalue weighted by molar-refractivity contribution is 5.88. The average Bonchev–Trinajstić information content (AvgIpc) is 2.29. The Morgan fingerprint density at radius 2 is 1.88 bits per heavy atom. The number of nitrogens with one attached hydrogen (secondary N) is 1. The Labute approximate surface area is 101 Å². The first-order chi connectivity index (χ1) is 8.00. The van der Waals surface area contributed by atoms with E-state index in [-0.39, 0.29) is 5.91 Å². The monoisotopic (exact) mass is 235 g/mol. The molecule has 0 aliphatic rings. The van der Waals surface area contributed by atoms with Gasteiger partial charge in [0.25, 0.3) is 5.91 Å². The Bertz CT molecular complexity index is 402. The van der Waals surface area contributed by atoms with Crippen LogP contribution in [0.3, 0.4) is 0 Å². The number of likely N-dealkylation sites (N-methyl/N-ethyl adjacent to an activating group) is 1. The van der Waals surface area contributed by atoms with E-state index in [1.54, 1.807) is 31.2 Å². The van der Waals surface area contributed by atoms with Gasteiger partial charge in [-0.2, -0.15) is 0 Å². The normalized spacial score (nSPS) is 13.6. The van der Waals surface area contributed by atoms with E-state index in [0.717, 1.165) is 0 Å². The van der Waals surface area contributed by atoms with Gasteiger partial charge >= 0.3 is 5.97 Å². The van der Waals surface area contributed by atoms with Crippen molar-refractivity contribution in [3.63, 3.8) is 0 Å². The summed E-state index contributed by atoms with van der Waals surface area (Å²) in [5.41, 5.74) is -0.621. The third-order valence-corrected chi connectivity index (χ3v) is 2.44. The van der Waals surface area contributed by atoms with Crippen LogP contribution in [0.2, 0.25) is 0 Å². The van der Waals surface area contributed by atoms with Crippen molar-refractivity contribution in [2.45, 2.75) is 26.4 Å². The van der Waals surface area contributed by atoms with Crippen LogP contribution in [0, 0.1) is 0 Å². The molecule has 0 fully saturated rings. The van der Waals surface area contributed by atoms with Crippen molar-refractivity contribution in [2.75, 3.05) is 6.54 Å². The van der Waals surface area contributed by atoms with Gasteiger partial charge in [-0.25, -0.2) is 0 Å². The highest BCUT2D eigenvalue weighted by Gasteiger charge is 2.38. The average molecular weight is 235 g/mol. The number of benzene rings is 1. The first-order valence-corrected chi connectivity index (χ1v) is 5.54. The van der Waals surface area contributed by atoms with Crippen molar-refractivity contribution in [2.24, 2.45) is 0 Å². The molecule has 0 aliphatic heterocycles. The Morgan fingerprint density at radius 3 is 2.35 bits per heavy atom. The van der Waals surface area contributed by atoms with Gasteiger partial charge in [0.2, 0.25) is 5.60 Å². The summed E-state index contributed by atoms with van der Waals surface area (Å²) in [5.74, 6) is -0.802. The second-order valence-electron chi connectivity index (χ2n) is 3.85. The highest BCUT2D eigenvalue weighted by Crippen LogP contribution is 2.25. The quantitative estimate of drug-likeness (QED) is 0.806. The summed E-state index contributed by atoms with van der Waals surface area (Å²) < 4.78 is 5.19. The molecule has 0 heterocycles. The van der Waals surface area contributed by atoms with E-state index in [0.29, 0.717) is 12.1 Å². The van der Waals surface area contributed by atoms with Crippen LogP contribution >= 0.6 is 0 Å². The van der Waals surface area contributed by atoms with E-state index < -0.39 is 11.6 Å². The van der Waals surface area contributed by atoms with Crippen LogP contribution < -0.4 is 5.32 Å². The molecule has 1 N–H and O–H groups in total. The number of rotatable bonds is 4. The van der Waals surface area contributed by atoms with Gasteiger partial charge in [-0.3, -0.25) is 9.59 Å². The molecule has 1 aromatic rings. The predicted molar refractivity (Wildman–Crippen MR) is 64.2 cm³/mol. The van der Waals surface area contributed by atoms with Gasteiger partial charge in [0.1, 0.15) is 0 Å². The summed E-state index contributed by atoms with van der Waals surface area (Å²) in [4.78, 5) is 23.2. The fourth-order valence-electron chi connectivity index (χ4n) is 1.61. The standard InChI is InChI=1S/C13H17NO3/c1-4-14-12(16)13(3,17-10(2)15)11-8-6-5-7-9-11/h5-9H,4H2,1-3H3,(H,14,16). The van der Waals surface area contributed by atoms with Crippen LogP contribution in [-0.2, 0) is 19.9 Å². The van der Waals surface area contributed by atoms with Crippen LogP contribution in [0.1, 0.15) is 26.3 Å². The zero-order chi connectivity index (χ0) is 12.9. The second-order valence-corrected chi connectivity index (χ2v) is 3.85. The molecule has 0 saturated carbocycles. The van der Waals surface area contributed by atoms with E-state index in [9.17, 15) is 9.59 Å². The van der Waals surface area contributed by atoms with Gasteiger partial charge < -0.3 is 10.1 Å². The van der Waals surface area contributed by atoms with E-state index >= 15 is 0 Å².